The third-order valence-corrected chi connectivity index (χ3v) is 5.69. The van der Waals surface area contributed by atoms with Crippen molar-refractivity contribution in [1.29, 1.82) is 0 Å². The molecule has 3 aromatic rings. The lowest BCUT2D eigenvalue weighted by Gasteiger charge is -2.13. The number of nitrogens with one attached hydrogen (secondary N) is 2. The number of hydrogen-bond acceptors (Lipinski definition) is 5. The molecule has 0 saturated carbocycles. The normalized spacial score (nSPS) is 11.2. The molecule has 2 N–H and O–H groups in total. The maximum Gasteiger partial charge on any atom is 0.264 e. The average Bonchev–Trinajstić information content (AvgIpc) is 2.64. The van der Waals surface area contributed by atoms with Crippen LogP contribution in [0, 0.1) is 18.6 Å². The molecule has 0 spiro atoms. The molecule has 0 fully saturated rings. The fourth-order valence-corrected chi connectivity index (χ4v) is 3.97. The minimum absolute atomic E-state index is 0.102. The highest BCUT2D eigenvalue weighted by Gasteiger charge is 2.21. The number of carbonyl (C=O) groups excluding carboxylic acids is 1. The van der Waals surface area contributed by atoms with Crippen LogP contribution in [0.3, 0.4) is 0 Å². The summed E-state index contributed by atoms with van der Waals surface area (Å²) in [5.41, 5.74) is 1.72. The fraction of sp³-hybridized carbons (Fsp3) is 0.105. The molecule has 0 aliphatic carbocycles. The van der Waals surface area contributed by atoms with Crippen LogP contribution in [-0.2, 0) is 14.8 Å². The number of aromatic nitrogens is 2. The summed E-state index contributed by atoms with van der Waals surface area (Å²) in [4.78, 5) is 18.6. The zero-order valence-corrected chi connectivity index (χ0v) is 17.3. The van der Waals surface area contributed by atoms with Crippen LogP contribution in [-0.4, -0.2) is 24.3 Å². The Morgan fingerprint density at radius 2 is 1.83 bits per heavy atom. The van der Waals surface area contributed by atoms with Gasteiger partial charge in [-0.15, -0.1) is 0 Å². The van der Waals surface area contributed by atoms with E-state index in [0.717, 1.165) is 17.7 Å². The van der Waals surface area contributed by atoms with Gasteiger partial charge in [0.15, 0.2) is 5.15 Å². The van der Waals surface area contributed by atoms with Gasteiger partial charge in [0.2, 0.25) is 5.91 Å². The molecular formula is C19H15ClF2N4O3S. The molecule has 0 atom stereocenters. The summed E-state index contributed by atoms with van der Waals surface area (Å²) >= 11 is 6.02. The van der Waals surface area contributed by atoms with Gasteiger partial charge < -0.3 is 5.32 Å². The molecule has 0 aliphatic heterocycles. The first-order valence-corrected chi connectivity index (χ1v) is 10.3. The van der Waals surface area contributed by atoms with Crippen LogP contribution in [0.5, 0.6) is 0 Å². The van der Waals surface area contributed by atoms with E-state index in [1.54, 1.807) is 13.0 Å². The van der Waals surface area contributed by atoms with Crippen molar-refractivity contribution in [2.45, 2.75) is 18.7 Å². The van der Waals surface area contributed by atoms with Crippen LogP contribution in [0.4, 0.5) is 20.3 Å². The lowest BCUT2D eigenvalue weighted by molar-refractivity contribution is -0.114. The van der Waals surface area contributed by atoms with Crippen LogP contribution >= 0.6 is 11.6 Å². The molecule has 1 aromatic carbocycles. The Morgan fingerprint density at radius 3 is 2.50 bits per heavy atom. The number of pyridine rings is 2. The minimum Gasteiger partial charge on any atom is -0.311 e. The number of anilines is 2. The Morgan fingerprint density at radius 1 is 1.10 bits per heavy atom. The third kappa shape index (κ3) is 4.71. The molecule has 1 amide bonds. The van der Waals surface area contributed by atoms with Crippen LogP contribution in [0.25, 0.3) is 11.1 Å². The summed E-state index contributed by atoms with van der Waals surface area (Å²) in [6.07, 6.45) is 2.95. The molecule has 3 rings (SSSR count). The predicted molar refractivity (Wildman–Crippen MR) is 109 cm³/mol. The molecule has 30 heavy (non-hydrogen) atoms. The molecule has 0 aliphatic rings. The van der Waals surface area contributed by atoms with Crippen molar-refractivity contribution >= 4 is 39.0 Å². The van der Waals surface area contributed by atoms with Crippen molar-refractivity contribution in [3.8, 4) is 11.1 Å². The number of hydrogen-bond donors (Lipinski definition) is 2. The zero-order valence-electron chi connectivity index (χ0n) is 15.7. The SMILES string of the molecule is CC(=O)Nc1cc(-c2cnc(Cl)c(NS(=O)(=O)c3ccc(F)cc3F)c2)c(C)cn1. The number of nitrogens with zero attached hydrogens (tertiary/aromatic N) is 2. The maximum atomic E-state index is 13.9. The van der Waals surface area contributed by atoms with Crippen molar-refractivity contribution in [3.63, 3.8) is 0 Å². The van der Waals surface area contributed by atoms with E-state index in [4.69, 9.17) is 11.6 Å². The molecule has 0 unspecified atom stereocenters. The number of halogens is 3. The zero-order chi connectivity index (χ0) is 22.1. The predicted octanol–water partition coefficient (Wildman–Crippen LogP) is 4.14. The third-order valence-electron chi connectivity index (χ3n) is 3.99. The molecule has 11 heteroatoms. The number of benzene rings is 1. The molecule has 2 heterocycles. The highest BCUT2D eigenvalue weighted by Crippen LogP contribution is 2.31. The smallest absolute Gasteiger partial charge is 0.264 e. The van der Waals surface area contributed by atoms with Crippen LogP contribution in [0.15, 0.2) is 47.6 Å². The van der Waals surface area contributed by atoms with Gasteiger partial charge in [0, 0.05) is 30.9 Å². The van der Waals surface area contributed by atoms with Crippen molar-refractivity contribution in [3.05, 3.63) is 65.1 Å². The maximum absolute atomic E-state index is 13.9. The van der Waals surface area contributed by atoms with Gasteiger partial charge in [0.25, 0.3) is 10.0 Å². The van der Waals surface area contributed by atoms with Crippen molar-refractivity contribution in [2.24, 2.45) is 0 Å². The summed E-state index contributed by atoms with van der Waals surface area (Å²) in [5, 5.41) is 2.39. The number of sulfonamides is 1. The first kappa shape index (κ1) is 21.6. The van der Waals surface area contributed by atoms with Crippen LogP contribution < -0.4 is 10.0 Å². The molecule has 0 radical (unpaired) electrons. The highest BCUT2D eigenvalue weighted by atomic mass is 35.5. The second-order valence-electron chi connectivity index (χ2n) is 6.31. The number of rotatable bonds is 5. The molecule has 156 valence electrons. The minimum atomic E-state index is -4.40. The fourth-order valence-electron chi connectivity index (χ4n) is 2.64. The quantitative estimate of drug-likeness (QED) is 0.566. The number of amides is 1. The lowest BCUT2D eigenvalue weighted by Crippen LogP contribution is -2.15. The Balaban J connectivity index is 2.01. The molecule has 7 nitrogen and oxygen atoms in total. The van der Waals surface area contributed by atoms with Gasteiger partial charge in [0.05, 0.1) is 5.69 Å². The molecule has 0 saturated heterocycles. The second kappa shape index (κ2) is 8.33. The molecule has 2 aromatic heterocycles. The van der Waals surface area contributed by atoms with E-state index < -0.39 is 26.6 Å². The molecular weight excluding hydrogens is 438 g/mol. The Labute approximate surface area is 176 Å². The van der Waals surface area contributed by atoms with Gasteiger partial charge in [-0.3, -0.25) is 9.52 Å². The summed E-state index contributed by atoms with van der Waals surface area (Å²) < 4.78 is 54.3. The standard InChI is InChI=1S/C19H15ClF2N4O3S/c1-10-8-23-18(25-11(2)27)7-14(10)12-5-16(19(20)24-9-12)26-30(28,29)17-4-3-13(21)6-15(17)22/h3-9,26H,1-2H3,(H,23,25,27). The van der Waals surface area contributed by atoms with E-state index in [1.807, 2.05) is 0 Å². The van der Waals surface area contributed by atoms with E-state index >= 15 is 0 Å². The number of aryl methyl sites for hydroxylation is 1. The summed E-state index contributed by atoms with van der Waals surface area (Å²) in [6.45, 7) is 3.11. The highest BCUT2D eigenvalue weighted by molar-refractivity contribution is 7.92. The second-order valence-corrected chi connectivity index (χ2v) is 8.32. The molecule has 0 bridgehead atoms. The van der Waals surface area contributed by atoms with Gasteiger partial charge in [-0.2, -0.15) is 0 Å². The summed E-state index contributed by atoms with van der Waals surface area (Å²) in [6, 6.07) is 5.12. The van der Waals surface area contributed by atoms with E-state index in [2.05, 4.69) is 20.0 Å². The van der Waals surface area contributed by atoms with Crippen molar-refractivity contribution < 1.29 is 22.0 Å². The van der Waals surface area contributed by atoms with Gasteiger partial charge in [-0.1, -0.05) is 11.6 Å². The monoisotopic (exact) mass is 452 g/mol. The van der Waals surface area contributed by atoms with Crippen LogP contribution in [0.2, 0.25) is 5.15 Å². The van der Waals surface area contributed by atoms with Gasteiger partial charge >= 0.3 is 0 Å². The first-order chi connectivity index (χ1) is 14.1. The van der Waals surface area contributed by atoms with Crippen molar-refractivity contribution in [1.82, 2.24) is 9.97 Å². The first-order valence-electron chi connectivity index (χ1n) is 8.45. The van der Waals surface area contributed by atoms with Gasteiger partial charge in [-0.05, 0) is 42.3 Å². The number of carbonyl (C=O) groups is 1. The van der Waals surface area contributed by atoms with E-state index in [9.17, 15) is 22.0 Å². The van der Waals surface area contributed by atoms with Gasteiger partial charge in [-0.25, -0.2) is 27.2 Å². The van der Waals surface area contributed by atoms with E-state index in [-0.39, 0.29) is 16.7 Å². The Bertz CT molecular complexity index is 1250. The van der Waals surface area contributed by atoms with E-state index in [1.165, 1.54) is 25.4 Å². The summed E-state index contributed by atoms with van der Waals surface area (Å²) in [7, 11) is -4.40. The van der Waals surface area contributed by atoms with Crippen molar-refractivity contribution in [2.75, 3.05) is 10.0 Å². The van der Waals surface area contributed by atoms with Crippen LogP contribution in [0.1, 0.15) is 12.5 Å². The largest absolute Gasteiger partial charge is 0.311 e. The lowest BCUT2D eigenvalue weighted by atomic mass is 10.0. The van der Waals surface area contributed by atoms with Gasteiger partial charge in [0.1, 0.15) is 22.3 Å². The Kier molecular flexibility index (Phi) is 5.99. The topological polar surface area (TPSA) is 101 Å². The summed E-state index contributed by atoms with van der Waals surface area (Å²) in [5.74, 6) is -2.15. The average molecular weight is 453 g/mol. The van der Waals surface area contributed by atoms with E-state index in [0.29, 0.717) is 23.0 Å². The Hall–Kier alpha value is -3.11.